The Hall–Kier alpha value is -1.83. The van der Waals surface area contributed by atoms with Crippen LogP contribution >= 0.6 is 0 Å². The smallest absolute Gasteiger partial charge is 0.308 e. The molecule has 0 saturated heterocycles. The molecule has 0 N–H and O–H groups in total. The summed E-state index contributed by atoms with van der Waals surface area (Å²) >= 11 is 0. The third-order valence-electron chi connectivity index (χ3n) is 5.46. The van der Waals surface area contributed by atoms with E-state index in [2.05, 4.69) is 45.9 Å². The lowest BCUT2D eigenvalue weighted by molar-refractivity contribution is -0.131. The Kier molecular flexibility index (Phi) is 2.91. The summed E-state index contributed by atoms with van der Waals surface area (Å²) in [6.45, 7) is 10.7. The molecule has 2 nitrogen and oxygen atoms in total. The van der Waals surface area contributed by atoms with Crippen LogP contribution in [0.25, 0.3) is 10.8 Å². The maximum atomic E-state index is 11.3. The van der Waals surface area contributed by atoms with Crippen LogP contribution in [0.4, 0.5) is 0 Å². The Morgan fingerprint density at radius 2 is 1.67 bits per heavy atom. The van der Waals surface area contributed by atoms with Gasteiger partial charge in [0, 0.05) is 6.92 Å². The summed E-state index contributed by atoms with van der Waals surface area (Å²) in [6.07, 6.45) is 0. The van der Waals surface area contributed by atoms with Crippen molar-refractivity contribution in [3.8, 4) is 5.75 Å². The molecule has 0 unspecified atom stereocenters. The molecule has 21 heavy (non-hydrogen) atoms. The number of rotatable bonds is 2. The van der Waals surface area contributed by atoms with E-state index in [4.69, 9.17) is 4.74 Å². The van der Waals surface area contributed by atoms with E-state index >= 15 is 0 Å². The molecule has 2 heteroatoms. The van der Waals surface area contributed by atoms with Crippen molar-refractivity contribution >= 4 is 16.7 Å². The molecule has 0 atom stereocenters. The Labute approximate surface area is 126 Å². The van der Waals surface area contributed by atoms with Crippen LogP contribution in [-0.4, -0.2) is 5.97 Å². The van der Waals surface area contributed by atoms with Crippen molar-refractivity contribution in [1.29, 1.82) is 0 Å². The molecule has 2 aromatic rings. The van der Waals surface area contributed by atoms with Gasteiger partial charge in [-0.1, -0.05) is 52.0 Å². The average molecular weight is 282 g/mol. The molecular formula is C19H22O2. The molecule has 110 valence electrons. The van der Waals surface area contributed by atoms with Gasteiger partial charge in [0.2, 0.25) is 0 Å². The maximum absolute atomic E-state index is 11.3. The van der Waals surface area contributed by atoms with E-state index in [0.717, 1.165) is 5.39 Å². The van der Waals surface area contributed by atoms with Crippen molar-refractivity contribution in [2.24, 2.45) is 10.8 Å². The SMILES string of the molecule is CC(=O)Oc1cc(C2C(C)(C)C2(C)C)c2ccccc2c1. The number of carbonyl (C=O) groups is 1. The van der Waals surface area contributed by atoms with Gasteiger partial charge in [0.05, 0.1) is 0 Å². The predicted octanol–water partition coefficient (Wildman–Crippen LogP) is 4.91. The second-order valence-electron chi connectivity index (χ2n) is 7.20. The van der Waals surface area contributed by atoms with Gasteiger partial charge in [-0.15, -0.1) is 0 Å². The first-order chi connectivity index (χ1) is 9.75. The molecule has 0 heterocycles. The zero-order chi connectivity index (χ0) is 15.4. The maximum Gasteiger partial charge on any atom is 0.308 e. The third kappa shape index (κ3) is 2.05. The molecule has 0 spiro atoms. The van der Waals surface area contributed by atoms with Crippen LogP contribution in [0.15, 0.2) is 36.4 Å². The summed E-state index contributed by atoms with van der Waals surface area (Å²) in [6, 6.07) is 12.3. The lowest BCUT2D eigenvalue weighted by Crippen LogP contribution is -2.02. The van der Waals surface area contributed by atoms with Crippen LogP contribution in [0.2, 0.25) is 0 Å². The van der Waals surface area contributed by atoms with Crippen molar-refractivity contribution in [2.75, 3.05) is 0 Å². The highest BCUT2D eigenvalue weighted by molar-refractivity contribution is 5.89. The van der Waals surface area contributed by atoms with E-state index < -0.39 is 0 Å². The van der Waals surface area contributed by atoms with Crippen molar-refractivity contribution in [1.82, 2.24) is 0 Å². The number of benzene rings is 2. The highest BCUT2D eigenvalue weighted by atomic mass is 16.5. The Morgan fingerprint density at radius 3 is 2.24 bits per heavy atom. The van der Waals surface area contributed by atoms with Crippen molar-refractivity contribution in [3.63, 3.8) is 0 Å². The summed E-state index contributed by atoms with van der Waals surface area (Å²) < 4.78 is 5.34. The molecule has 0 amide bonds. The second-order valence-corrected chi connectivity index (χ2v) is 7.20. The quantitative estimate of drug-likeness (QED) is 0.577. The van der Waals surface area contributed by atoms with Crippen LogP contribution in [0.5, 0.6) is 5.75 Å². The minimum atomic E-state index is -0.273. The summed E-state index contributed by atoms with van der Waals surface area (Å²) in [4.78, 5) is 11.3. The normalized spacial score (nSPS) is 19.5. The van der Waals surface area contributed by atoms with Gasteiger partial charge in [0.15, 0.2) is 0 Å². The van der Waals surface area contributed by atoms with E-state index in [1.165, 1.54) is 17.9 Å². The van der Waals surface area contributed by atoms with Crippen LogP contribution in [0, 0.1) is 10.8 Å². The summed E-state index contributed by atoms with van der Waals surface area (Å²) in [7, 11) is 0. The standard InChI is InChI=1S/C19H22O2/c1-12(20)21-14-10-13-8-6-7-9-15(13)16(11-14)17-18(2,3)19(17,4)5/h6-11,17H,1-5H3. The summed E-state index contributed by atoms with van der Waals surface area (Å²) in [5.41, 5.74) is 1.80. The van der Waals surface area contributed by atoms with Gasteiger partial charge < -0.3 is 4.74 Å². The van der Waals surface area contributed by atoms with Gasteiger partial charge in [-0.3, -0.25) is 4.79 Å². The Bertz CT molecular complexity index is 711. The van der Waals surface area contributed by atoms with Gasteiger partial charge >= 0.3 is 5.97 Å². The first-order valence-corrected chi connectivity index (χ1v) is 7.46. The van der Waals surface area contributed by atoms with E-state index in [9.17, 15) is 4.79 Å². The van der Waals surface area contributed by atoms with Gasteiger partial charge in [0.1, 0.15) is 5.75 Å². The lowest BCUT2D eigenvalue weighted by atomic mass is 9.96. The first-order valence-electron chi connectivity index (χ1n) is 7.46. The second kappa shape index (κ2) is 4.33. The van der Waals surface area contributed by atoms with Gasteiger partial charge in [-0.05, 0) is 45.2 Å². The van der Waals surface area contributed by atoms with Crippen LogP contribution in [0.1, 0.15) is 46.1 Å². The molecule has 1 fully saturated rings. The monoisotopic (exact) mass is 282 g/mol. The third-order valence-corrected chi connectivity index (χ3v) is 5.46. The van der Waals surface area contributed by atoms with Crippen LogP contribution in [0.3, 0.4) is 0 Å². The highest BCUT2D eigenvalue weighted by Gasteiger charge is 2.65. The molecule has 3 rings (SSSR count). The molecule has 1 saturated carbocycles. The van der Waals surface area contributed by atoms with E-state index in [1.807, 2.05) is 18.2 Å². The predicted molar refractivity (Wildman–Crippen MR) is 85.6 cm³/mol. The lowest BCUT2D eigenvalue weighted by Gasteiger charge is -2.11. The van der Waals surface area contributed by atoms with Crippen molar-refractivity contribution < 1.29 is 9.53 Å². The molecular weight excluding hydrogens is 260 g/mol. The molecule has 1 aliphatic rings. The molecule has 1 aliphatic carbocycles. The molecule has 2 aromatic carbocycles. The number of hydrogen-bond acceptors (Lipinski definition) is 2. The minimum absolute atomic E-state index is 0.255. The topological polar surface area (TPSA) is 26.3 Å². The van der Waals surface area contributed by atoms with Gasteiger partial charge in [-0.2, -0.15) is 0 Å². The number of hydrogen-bond donors (Lipinski definition) is 0. The van der Waals surface area contributed by atoms with E-state index in [0.29, 0.717) is 11.7 Å². The van der Waals surface area contributed by atoms with Crippen molar-refractivity contribution in [3.05, 3.63) is 42.0 Å². The first kappa shape index (κ1) is 14.1. The summed E-state index contributed by atoms with van der Waals surface area (Å²) in [5, 5.41) is 2.39. The average Bonchev–Trinajstić information content (AvgIpc) is 2.78. The molecule has 0 radical (unpaired) electrons. The Balaban J connectivity index is 2.19. The van der Waals surface area contributed by atoms with Crippen LogP contribution < -0.4 is 4.74 Å². The summed E-state index contributed by atoms with van der Waals surface area (Å²) in [5.74, 6) is 0.852. The fourth-order valence-corrected chi connectivity index (χ4v) is 3.75. The number of carbonyl (C=O) groups excluding carboxylic acids is 1. The number of fused-ring (bicyclic) bond motifs is 1. The molecule has 0 aromatic heterocycles. The number of ether oxygens (including phenoxy) is 1. The Morgan fingerprint density at radius 1 is 1.05 bits per heavy atom. The fourth-order valence-electron chi connectivity index (χ4n) is 3.75. The fraction of sp³-hybridized carbons (Fsp3) is 0.421. The van der Waals surface area contributed by atoms with E-state index in [-0.39, 0.29) is 16.8 Å². The van der Waals surface area contributed by atoms with Gasteiger partial charge in [-0.25, -0.2) is 0 Å². The van der Waals surface area contributed by atoms with E-state index in [1.54, 1.807) is 0 Å². The van der Waals surface area contributed by atoms with Gasteiger partial charge in [0.25, 0.3) is 0 Å². The highest BCUT2D eigenvalue weighted by Crippen LogP contribution is 2.74. The largest absolute Gasteiger partial charge is 0.427 e. The van der Waals surface area contributed by atoms with Crippen LogP contribution in [-0.2, 0) is 4.79 Å². The molecule has 0 bridgehead atoms. The minimum Gasteiger partial charge on any atom is -0.427 e. The number of esters is 1. The molecule has 0 aliphatic heterocycles. The van der Waals surface area contributed by atoms with Crippen molar-refractivity contribution in [2.45, 2.75) is 40.5 Å². The zero-order valence-corrected chi connectivity index (χ0v) is 13.4. The zero-order valence-electron chi connectivity index (χ0n) is 13.4.